The second kappa shape index (κ2) is 7.68. The molecular formula is C13H21N3O3S. The van der Waals surface area contributed by atoms with Gasteiger partial charge in [0.2, 0.25) is 5.91 Å². The number of carbonyl (C=O) groups excluding carboxylic acids is 1. The van der Waals surface area contributed by atoms with Gasteiger partial charge in [0.05, 0.1) is 31.6 Å². The van der Waals surface area contributed by atoms with Crippen molar-refractivity contribution in [1.82, 2.24) is 9.88 Å². The maximum atomic E-state index is 11.9. The average Bonchev–Trinajstić information content (AvgIpc) is 2.83. The quantitative estimate of drug-likeness (QED) is 0.815. The summed E-state index contributed by atoms with van der Waals surface area (Å²) in [5, 5.41) is 14.1. The summed E-state index contributed by atoms with van der Waals surface area (Å²) in [5.41, 5.74) is 0.923. The second-order valence-electron chi connectivity index (χ2n) is 4.91. The standard InChI is InChI=1S/C13H21N3O3S/c1-10-9-20-13(14-10)15-12(18)8-16-4-2-11(3-5-16)19-7-6-17/h9,11,17H,2-8H2,1H3,(H,14,15,18). The summed E-state index contributed by atoms with van der Waals surface area (Å²) in [7, 11) is 0. The lowest BCUT2D eigenvalue weighted by Crippen LogP contribution is -2.41. The summed E-state index contributed by atoms with van der Waals surface area (Å²) < 4.78 is 5.50. The van der Waals surface area contributed by atoms with Gasteiger partial charge in [-0.05, 0) is 19.8 Å². The molecule has 6 nitrogen and oxygen atoms in total. The Labute approximate surface area is 122 Å². The van der Waals surface area contributed by atoms with Gasteiger partial charge in [-0.3, -0.25) is 9.69 Å². The molecule has 20 heavy (non-hydrogen) atoms. The molecule has 1 aromatic heterocycles. The Balaban J connectivity index is 1.68. The summed E-state index contributed by atoms with van der Waals surface area (Å²) in [5.74, 6) is -0.0194. The van der Waals surface area contributed by atoms with Crippen LogP contribution in [0, 0.1) is 6.92 Å². The number of ether oxygens (including phenoxy) is 1. The van der Waals surface area contributed by atoms with Crippen molar-refractivity contribution in [3.05, 3.63) is 11.1 Å². The van der Waals surface area contributed by atoms with Crippen molar-refractivity contribution in [1.29, 1.82) is 0 Å². The number of carbonyl (C=O) groups is 1. The number of nitrogens with zero attached hydrogens (tertiary/aromatic N) is 2. The number of aliphatic hydroxyl groups is 1. The third-order valence-corrected chi connectivity index (χ3v) is 4.09. The fraction of sp³-hybridized carbons (Fsp3) is 0.692. The lowest BCUT2D eigenvalue weighted by molar-refractivity contribution is -0.118. The Morgan fingerprint density at radius 1 is 1.60 bits per heavy atom. The highest BCUT2D eigenvalue weighted by Crippen LogP contribution is 2.16. The van der Waals surface area contributed by atoms with Crippen LogP contribution in [0.25, 0.3) is 0 Å². The number of thiazole rings is 1. The van der Waals surface area contributed by atoms with E-state index in [2.05, 4.69) is 15.2 Å². The molecule has 0 bridgehead atoms. The first-order chi connectivity index (χ1) is 9.67. The number of anilines is 1. The van der Waals surface area contributed by atoms with Gasteiger partial charge in [-0.25, -0.2) is 4.98 Å². The molecule has 1 fully saturated rings. The Morgan fingerprint density at radius 3 is 2.95 bits per heavy atom. The first-order valence-corrected chi connectivity index (χ1v) is 7.72. The van der Waals surface area contributed by atoms with Crippen LogP contribution in [0.15, 0.2) is 5.38 Å². The summed E-state index contributed by atoms with van der Waals surface area (Å²) in [6.07, 6.45) is 2.02. The summed E-state index contributed by atoms with van der Waals surface area (Å²) >= 11 is 1.44. The summed E-state index contributed by atoms with van der Waals surface area (Å²) in [6.45, 7) is 4.46. The van der Waals surface area contributed by atoms with E-state index in [1.807, 2.05) is 12.3 Å². The van der Waals surface area contributed by atoms with Crippen LogP contribution in [0.2, 0.25) is 0 Å². The Morgan fingerprint density at radius 2 is 2.35 bits per heavy atom. The smallest absolute Gasteiger partial charge is 0.240 e. The van der Waals surface area contributed by atoms with Crippen molar-refractivity contribution in [2.75, 3.05) is 38.2 Å². The van der Waals surface area contributed by atoms with E-state index in [9.17, 15) is 4.79 Å². The Bertz CT molecular complexity index is 430. The minimum Gasteiger partial charge on any atom is -0.394 e. The van der Waals surface area contributed by atoms with Gasteiger partial charge in [-0.15, -0.1) is 11.3 Å². The number of aliphatic hydroxyl groups excluding tert-OH is 1. The minimum atomic E-state index is -0.0194. The summed E-state index contributed by atoms with van der Waals surface area (Å²) in [6, 6.07) is 0. The molecule has 2 heterocycles. The topological polar surface area (TPSA) is 74.7 Å². The number of piperidine rings is 1. The number of likely N-dealkylation sites (tertiary alicyclic amines) is 1. The zero-order valence-electron chi connectivity index (χ0n) is 11.7. The van der Waals surface area contributed by atoms with E-state index in [-0.39, 0.29) is 18.6 Å². The number of hydrogen-bond acceptors (Lipinski definition) is 6. The molecule has 1 aromatic rings. The molecule has 0 unspecified atom stereocenters. The lowest BCUT2D eigenvalue weighted by atomic mass is 10.1. The molecule has 0 atom stereocenters. The van der Waals surface area contributed by atoms with Crippen LogP contribution < -0.4 is 5.32 Å². The zero-order valence-corrected chi connectivity index (χ0v) is 12.5. The van der Waals surface area contributed by atoms with Crippen molar-refractivity contribution in [2.24, 2.45) is 0 Å². The lowest BCUT2D eigenvalue weighted by Gasteiger charge is -2.31. The average molecular weight is 299 g/mol. The van der Waals surface area contributed by atoms with Crippen LogP contribution in [-0.2, 0) is 9.53 Å². The van der Waals surface area contributed by atoms with Crippen molar-refractivity contribution in [3.8, 4) is 0 Å². The monoisotopic (exact) mass is 299 g/mol. The van der Waals surface area contributed by atoms with Gasteiger partial charge in [-0.1, -0.05) is 0 Å². The van der Waals surface area contributed by atoms with Crippen molar-refractivity contribution >= 4 is 22.4 Å². The highest BCUT2D eigenvalue weighted by atomic mass is 32.1. The van der Waals surface area contributed by atoms with Crippen molar-refractivity contribution in [2.45, 2.75) is 25.9 Å². The molecule has 1 aliphatic heterocycles. The van der Waals surface area contributed by atoms with Gasteiger partial charge in [0, 0.05) is 18.5 Å². The van der Waals surface area contributed by atoms with Crippen LogP contribution in [0.5, 0.6) is 0 Å². The third kappa shape index (κ3) is 4.82. The highest BCUT2D eigenvalue weighted by Gasteiger charge is 2.21. The third-order valence-electron chi connectivity index (χ3n) is 3.21. The fourth-order valence-corrected chi connectivity index (χ4v) is 2.93. The van der Waals surface area contributed by atoms with Crippen LogP contribution in [0.1, 0.15) is 18.5 Å². The molecule has 0 aliphatic carbocycles. The van der Waals surface area contributed by atoms with Gasteiger partial charge in [0.15, 0.2) is 5.13 Å². The molecular weight excluding hydrogens is 278 g/mol. The van der Waals surface area contributed by atoms with Crippen molar-refractivity contribution < 1.29 is 14.6 Å². The normalized spacial score (nSPS) is 17.3. The van der Waals surface area contributed by atoms with E-state index >= 15 is 0 Å². The van der Waals surface area contributed by atoms with Gasteiger partial charge in [0.1, 0.15) is 0 Å². The second-order valence-corrected chi connectivity index (χ2v) is 5.77. The van der Waals surface area contributed by atoms with Gasteiger partial charge in [-0.2, -0.15) is 0 Å². The molecule has 2 N–H and O–H groups in total. The Kier molecular flexibility index (Phi) is 5.90. The SMILES string of the molecule is Cc1csc(NC(=O)CN2CCC(OCCO)CC2)n1. The number of hydrogen-bond donors (Lipinski definition) is 2. The molecule has 1 aliphatic rings. The molecule has 7 heteroatoms. The molecule has 112 valence electrons. The largest absolute Gasteiger partial charge is 0.394 e. The molecule has 2 rings (SSSR count). The minimum absolute atomic E-state index is 0.0194. The maximum absolute atomic E-state index is 11.9. The van der Waals surface area contributed by atoms with Crippen LogP contribution >= 0.6 is 11.3 Å². The van der Waals surface area contributed by atoms with Gasteiger partial charge >= 0.3 is 0 Å². The van der Waals surface area contributed by atoms with Crippen LogP contribution in [0.4, 0.5) is 5.13 Å². The van der Waals surface area contributed by atoms with Crippen LogP contribution in [0.3, 0.4) is 0 Å². The first kappa shape index (κ1) is 15.4. The van der Waals surface area contributed by atoms with E-state index in [1.54, 1.807) is 0 Å². The van der Waals surface area contributed by atoms with E-state index < -0.39 is 0 Å². The zero-order chi connectivity index (χ0) is 14.4. The fourth-order valence-electron chi connectivity index (χ4n) is 2.23. The molecule has 0 spiro atoms. The molecule has 0 saturated carbocycles. The maximum Gasteiger partial charge on any atom is 0.240 e. The predicted molar refractivity (Wildman–Crippen MR) is 78.0 cm³/mol. The highest BCUT2D eigenvalue weighted by molar-refractivity contribution is 7.13. The van der Waals surface area contributed by atoms with Gasteiger partial charge in [0.25, 0.3) is 0 Å². The molecule has 1 saturated heterocycles. The molecule has 1 amide bonds. The van der Waals surface area contributed by atoms with Crippen molar-refractivity contribution in [3.63, 3.8) is 0 Å². The van der Waals surface area contributed by atoms with E-state index in [4.69, 9.17) is 9.84 Å². The predicted octanol–water partition coefficient (Wildman–Crippen LogP) is 0.863. The molecule has 0 radical (unpaired) electrons. The first-order valence-electron chi connectivity index (χ1n) is 6.84. The Hall–Kier alpha value is -1.02. The number of rotatable bonds is 6. The van der Waals surface area contributed by atoms with E-state index in [0.717, 1.165) is 31.6 Å². The van der Waals surface area contributed by atoms with E-state index in [1.165, 1.54) is 11.3 Å². The molecule has 0 aromatic carbocycles. The number of nitrogens with one attached hydrogen (secondary N) is 1. The van der Waals surface area contributed by atoms with Crippen LogP contribution in [-0.4, -0.2) is 59.8 Å². The number of aryl methyl sites for hydroxylation is 1. The van der Waals surface area contributed by atoms with Gasteiger partial charge < -0.3 is 15.2 Å². The summed E-state index contributed by atoms with van der Waals surface area (Å²) in [4.78, 5) is 18.2. The number of amides is 1. The van der Waals surface area contributed by atoms with E-state index in [0.29, 0.717) is 18.3 Å². The number of aromatic nitrogens is 1.